The zero-order valence-corrected chi connectivity index (χ0v) is 15.9. The Kier molecular flexibility index (Phi) is 7.75. The number of halogens is 1. The zero-order chi connectivity index (χ0) is 17.5. The zero-order valence-electron chi connectivity index (χ0n) is 14.3. The van der Waals surface area contributed by atoms with Crippen molar-refractivity contribution in [2.45, 2.75) is 38.4 Å². The van der Waals surface area contributed by atoms with E-state index < -0.39 is 18.3 Å². The van der Waals surface area contributed by atoms with Gasteiger partial charge in [-0.3, -0.25) is 9.56 Å². The molecule has 0 bridgehead atoms. The van der Waals surface area contributed by atoms with Gasteiger partial charge in [0.2, 0.25) is 0 Å². The molecule has 1 rings (SSSR count). The van der Waals surface area contributed by atoms with Crippen molar-refractivity contribution in [3.05, 3.63) is 29.8 Å². The van der Waals surface area contributed by atoms with Crippen LogP contribution in [0.1, 0.15) is 39.0 Å². The number of hydrogen-bond donors (Lipinski definition) is 0. The molecule has 0 aliphatic heterocycles. The average molecular weight is 362 g/mol. The maximum atomic E-state index is 13.2. The summed E-state index contributed by atoms with van der Waals surface area (Å²) in [5.41, 5.74) is 0.716. The highest BCUT2D eigenvalue weighted by atomic mass is 35.5. The monoisotopic (exact) mass is 361 g/mol. The van der Waals surface area contributed by atoms with Crippen LogP contribution < -0.4 is 4.74 Å². The molecule has 0 aliphatic carbocycles. The summed E-state index contributed by atoms with van der Waals surface area (Å²) in [6.45, 7) is 7.68. The molecule has 0 aliphatic rings. The molecule has 7 heteroatoms. The van der Waals surface area contributed by atoms with Crippen molar-refractivity contribution in [3.63, 3.8) is 0 Å². The quantitative estimate of drug-likeness (QED) is 0.351. The second kappa shape index (κ2) is 8.84. The van der Waals surface area contributed by atoms with E-state index in [1.807, 2.05) is 0 Å². The van der Waals surface area contributed by atoms with Crippen molar-refractivity contribution < 1.29 is 18.3 Å². The Morgan fingerprint density at radius 2 is 1.74 bits per heavy atom. The van der Waals surface area contributed by atoms with Gasteiger partial charge in [-0.1, -0.05) is 12.1 Å². The summed E-state index contributed by atoms with van der Waals surface area (Å²) < 4.78 is 29.2. The predicted molar refractivity (Wildman–Crippen MR) is 95.0 cm³/mol. The van der Waals surface area contributed by atoms with E-state index in [2.05, 4.69) is 4.99 Å². The molecule has 0 heterocycles. The van der Waals surface area contributed by atoms with Crippen molar-refractivity contribution in [2.75, 3.05) is 20.3 Å². The molecule has 1 aromatic rings. The third kappa shape index (κ3) is 6.27. The van der Waals surface area contributed by atoms with Gasteiger partial charge in [-0.2, -0.15) is 0 Å². The molecule has 1 unspecified atom stereocenters. The molecular formula is C16H25ClNO4P. The topological polar surface area (TPSA) is 57.1 Å². The second-order valence-electron chi connectivity index (χ2n) is 5.36. The van der Waals surface area contributed by atoms with Crippen LogP contribution in [0.5, 0.6) is 5.75 Å². The van der Waals surface area contributed by atoms with Gasteiger partial charge in [-0.25, -0.2) is 0 Å². The molecule has 0 spiro atoms. The van der Waals surface area contributed by atoms with Crippen LogP contribution in [0.15, 0.2) is 29.3 Å². The molecule has 5 nitrogen and oxygen atoms in total. The van der Waals surface area contributed by atoms with E-state index in [1.165, 1.54) is 0 Å². The molecule has 23 heavy (non-hydrogen) atoms. The minimum Gasteiger partial charge on any atom is -0.497 e. The fraction of sp³-hybridized carbons (Fsp3) is 0.562. The smallest absolute Gasteiger partial charge is 0.359 e. The lowest BCUT2D eigenvalue weighted by atomic mass is 10.2. The fourth-order valence-electron chi connectivity index (χ4n) is 1.91. The van der Waals surface area contributed by atoms with E-state index in [-0.39, 0.29) is 13.2 Å². The number of alkyl halides is 1. The van der Waals surface area contributed by atoms with Crippen molar-refractivity contribution in [2.24, 2.45) is 4.99 Å². The first-order valence-electron chi connectivity index (χ1n) is 7.51. The third-order valence-corrected chi connectivity index (χ3v) is 5.22. The lowest BCUT2D eigenvalue weighted by Crippen LogP contribution is -2.14. The van der Waals surface area contributed by atoms with Gasteiger partial charge in [-0.05, 0) is 45.4 Å². The van der Waals surface area contributed by atoms with Crippen LogP contribution in [-0.2, 0) is 13.6 Å². The Morgan fingerprint density at radius 1 is 1.22 bits per heavy atom. The summed E-state index contributed by atoms with van der Waals surface area (Å²) >= 11 is 6.18. The lowest BCUT2D eigenvalue weighted by Gasteiger charge is -2.24. The van der Waals surface area contributed by atoms with Crippen LogP contribution in [-0.4, -0.2) is 31.4 Å². The molecule has 0 amide bonds. The first-order valence-corrected chi connectivity index (χ1v) is 9.50. The average Bonchev–Trinajstić information content (AvgIpc) is 2.47. The SMILES string of the molecule is CCOP(=O)(OCC)C(/N=C/C(C)(C)Cl)c1ccc(OC)cc1. The van der Waals surface area contributed by atoms with Gasteiger partial charge >= 0.3 is 7.60 Å². The van der Waals surface area contributed by atoms with Crippen LogP contribution in [0.4, 0.5) is 0 Å². The molecule has 0 saturated carbocycles. The Morgan fingerprint density at radius 3 is 2.13 bits per heavy atom. The highest BCUT2D eigenvalue weighted by molar-refractivity contribution is 7.54. The highest BCUT2D eigenvalue weighted by Gasteiger charge is 2.37. The molecule has 0 fully saturated rings. The number of benzene rings is 1. The van der Waals surface area contributed by atoms with Crippen molar-refractivity contribution >= 4 is 25.4 Å². The maximum Gasteiger partial charge on any atom is 0.359 e. The lowest BCUT2D eigenvalue weighted by molar-refractivity contribution is 0.212. The molecule has 1 atom stereocenters. The van der Waals surface area contributed by atoms with E-state index in [0.29, 0.717) is 11.3 Å². The number of rotatable bonds is 9. The molecular weight excluding hydrogens is 337 g/mol. The van der Waals surface area contributed by atoms with Crippen molar-refractivity contribution in [1.29, 1.82) is 0 Å². The van der Waals surface area contributed by atoms with Crippen LogP contribution in [0.3, 0.4) is 0 Å². The van der Waals surface area contributed by atoms with Gasteiger partial charge in [0.1, 0.15) is 5.75 Å². The Bertz CT molecular complexity index is 544. The Balaban J connectivity index is 3.28. The predicted octanol–water partition coefficient (Wildman–Crippen LogP) is 5.05. The van der Waals surface area contributed by atoms with Gasteiger partial charge in [0.05, 0.1) is 25.2 Å². The highest BCUT2D eigenvalue weighted by Crippen LogP contribution is 2.61. The van der Waals surface area contributed by atoms with Crippen LogP contribution in [0.2, 0.25) is 0 Å². The molecule has 0 N–H and O–H groups in total. The largest absolute Gasteiger partial charge is 0.497 e. The first-order chi connectivity index (χ1) is 10.8. The summed E-state index contributed by atoms with van der Waals surface area (Å²) in [5, 5.41) is 0. The third-order valence-electron chi connectivity index (χ3n) is 2.85. The van der Waals surface area contributed by atoms with E-state index in [0.717, 1.165) is 0 Å². The summed E-state index contributed by atoms with van der Waals surface area (Å²) in [6.07, 6.45) is 1.56. The summed E-state index contributed by atoms with van der Waals surface area (Å²) in [6, 6.07) is 7.16. The molecule has 0 radical (unpaired) electrons. The number of ether oxygens (including phenoxy) is 1. The Hall–Kier alpha value is -0.870. The number of aliphatic imine (C=N–C) groups is 1. The Labute approximate surface area is 143 Å². The van der Waals surface area contributed by atoms with Gasteiger partial charge in [0, 0.05) is 6.21 Å². The summed E-state index contributed by atoms with van der Waals surface area (Å²) in [5.74, 6) is -0.0665. The number of hydrogen-bond acceptors (Lipinski definition) is 5. The molecule has 130 valence electrons. The van der Waals surface area contributed by atoms with Gasteiger partial charge in [0.25, 0.3) is 0 Å². The normalized spacial score (nSPS) is 14.2. The van der Waals surface area contributed by atoms with Crippen LogP contribution in [0.25, 0.3) is 0 Å². The number of methoxy groups -OCH3 is 1. The van der Waals surface area contributed by atoms with Crippen molar-refractivity contribution in [3.8, 4) is 5.75 Å². The van der Waals surface area contributed by atoms with Crippen molar-refractivity contribution in [1.82, 2.24) is 0 Å². The van der Waals surface area contributed by atoms with E-state index in [9.17, 15) is 4.57 Å². The van der Waals surface area contributed by atoms with Gasteiger partial charge in [0.15, 0.2) is 5.78 Å². The maximum absolute atomic E-state index is 13.2. The van der Waals surface area contributed by atoms with Crippen LogP contribution >= 0.6 is 19.2 Å². The fourth-order valence-corrected chi connectivity index (χ4v) is 3.81. The summed E-state index contributed by atoms with van der Waals surface area (Å²) in [4.78, 5) is 3.76. The summed E-state index contributed by atoms with van der Waals surface area (Å²) in [7, 11) is -1.87. The van der Waals surface area contributed by atoms with E-state index >= 15 is 0 Å². The van der Waals surface area contributed by atoms with Gasteiger partial charge < -0.3 is 13.8 Å². The molecule has 1 aromatic carbocycles. The molecule has 0 saturated heterocycles. The van der Waals surface area contributed by atoms with E-state index in [1.54, 1.807) is 65.3 Å². The number of nitrogens with zero attached hydrogens (tertiary/aromatic N) is 1. The minimum atomic E-state index is -3.46. The van der Waals surface area contributed by atoms with E-state index in [4.69, 9.17) is 25.4 Å². The first kappa shape index (κ1) is 20.2. The minimum absolute atomic E-state index is 0.268. The second-order valence-corrected chi connectivity index (χ2v) is 8.42. The molecule has 0 aromatic heterocycles. The standard InChI is InChI=1S/C16H25ClNO4P/c1-6-21-23(19,22-7-2)15(18-12-16(3,4)17)13-8-10-14(20-5)11-9-13/h8-12,15H,6-7H2,1-5H3/b18-12+. The van der Waals surface area contributed by atoms with Gasteiger partial charge in [-0.15, -0.1) is 11.6 Å². The van der Waals surface area contributed by atoms with Crippen LogP contribution in [0, 0.1) is 0 Å².